The maximum Gasteiger partial charge on any atom is 0.0346 e. The average molecular weight is 287 g/mol. The summed E-state index contributed by atoms with van der Waals surface area (Å²) in [5.74, 6) is 0.587. The molecule has 0 saturated heterocycles. The van der Waals surface area contributed by atoms with Gasteiger partial charge in [-0.1, -0.05) is 45.0 Å². The molecule has 2 heteroatoms. The van der Waals surface area contributed by atoms with Gasteiger partial charge in [-0.05, 0) is 42.5 Å². The van der Waals surface area contributed by atoms with Crippen LogP contribution in [0.4, 0.5) is 0 Å². The molecule has 0 amide bonds. The molecule has 1 aromatic heterocycles. The monoisotopic (exact) mass is 287 g/mol. The molecule has 1 atom stereocenters. The van der Waals surface area contributed by atoms with Gasteiger partial charge in [-0.3, -0.25) is 0 Å². The fraction of sp³-hybridized carbons (Fsp3) is 0.444. The van der Waals surface area contributed by atoms with Crippen molar-refractivity contribution >= 4 is 11.3 Å². The van der Waals surface area contributed by atoms with Crippen LogP contribution in [0.2, 0.25) is 0 Å². The number of benzene rings is 1. The molecule has 1 unspecified atom stereocenters. The summed E-state index contributed by atoms with van der Waals surface area (Å²) in [4.78, 5) is 2.80. The number of rotatable bonds is 6. The van der Waals surface area contributed by atoms with Gasteiger partial charge in [-0.15, -0.1) is 11.3 Å². The van der Waals surface area contributed by atoms with Crippen LogP contribution in [0.15, 0.2) is 36.4 Å². The molecule has 0 radical (unpaired) electrons. The van der Waals surface area contributed by atoms with Crippen molar-refractivity contribution in [1.29, 1.82) is 0 Å². The van der Waals surface area contributed by atoms with Crippen molar-refractivity contribution in [2.45, 2.75) is 46.7 Å². The van der Waals surface area contributed by atoms with Crippen molar-refractivity contribution in [3.05, 3.63) is 57.3 Å². The van der Waals surface area contributed by atoms with E-state index in [1.165, 1.54) is 20.9 Å². The van der Waals surface area contributed by atoms with Crippen molar-refractivity contribution in [1.82, 2.24) is 5.32 Å². The number of thiophene rings is 1. The first-order valence-corrected chi connectivity index (χ1v) is 8.29. The Bertz CT molecular complexity index is 525. The summed E-state index contributed by atoms with van der Waals surface area (Å²) >= 11 is 1.88. The molecule has 0 spiro atoms. The van der Waals surface area contributed by atoms with Gasteiger partial charge in [0.2, 0.25) is 0 Å². The van der Waals surface area contributed by atoms with Gasteiger partial charge in [-0.25, -0.2) is 0 Å². The summed E-state index contributed by atoms with van der Waals surface area (Å²) in [5.41, 5.74) is 2.80. The molecule has 0 saturated carbocycles. The minimum atomic E-state index is 0.420. The van der Waals surface area contributed by atoms with Crippen LogP contribution in [0, 0.1) is 12.8 Å². The van der Waals surface area contributed by atoms with E-state index in [4.69, 9.17) is 0 Å². The van der Waals surface area contributed by atoms with Crippen LogP contribution in [0.1, 0.15) is 47.7 Å². The fourth-order valence-corrected chi connectivity index (χ4v) is 3.33. The van der Waals surface area contributed by atoms with Gasteiger partial charge in [0.15, 0.2) is 0 Å². The lowest BCUT2D eigenvalue weighted by Crippen LogP contribution is -2.25. The lowest BCUT2D eigenvalue weighted by molar-refractivity contribution is 0.412. The summed E-state index contributed by atoms with van der Waals surface area (Å²) in [6.07, 6.45) is 1.11. The van der Waals surface area contributed by atoms with E-state index < -0.39 is 0 Å². The van der Waals surface area contributed by atoms with Gasteiger partial charge >= 0.3 is 0 Å². The Kier molecular flexibility index (Phi) is 5.38. The third kappa shape index (κ3) is 3.94. The SMILES string of the molecule is CCc1ccc(C(NCc2ccc(C)s2)C(C)C)cc1. The molecule has 108 valence electrons. The predicted molar refractivity (Wildman–Crippen MR) is 89.3 cm³/mol. The maximum atomic E-state index is 3.71. The molecule has 1 N–H and O–H groups in total. The Morgan fingerprint density at radius 1 is 1.05 bits per heavy atom. The van der Waals surface area contributed by atoms with Crippen molar-refractivity contribution in [3.63, 3.8) is 0 Å². The zero-order valence-electron chi connectivity index (χ0n) is 12.9. The highest BCUT2D eigenvalue weighted by Crippen LogP contribution is 2.24. The summed E-state index contributed by atoms with van der Waals surface area (Å²) in [7, 11) is 0. The summed E-state index contributed by atoms with van der Waals surface area (Å²) in [6.45, 7) is 9.89. The second kappa shape index (κ2) is 7.05. The van der Waals surface area contributed by atoms with Crippen molar-refractivity contribution < 1.29 is 0 Å². The number of hydrogen-bond acceptors (Lipinski definition) is 2. The largest absolute Gasteiger partial charge is 0.305 e. The summed E-state index contributed by atoms with van der Waals surface area (Å²) in [6, 6.07) is 13.9. The van der Waals surface area contributed by atoms with Gasteiger partial charge in [0.05, 0.1) is 0 Å². The molecule has 1 heterocycles. The van der Waals surface area contributed by atoms with Crippen LogP contribution in [-0.2, 0) is 13.0 Å². The van der Waals surface area contributed by atoms with Crippen LogP contribution in [-0.4, -0.2) is 0 Å². The molecule has 0 aliphatic carbocycles. The number of hydrogen-bond donors (Lipinski definition) is 1. The topological polar surface area (TPSA) is 12.0 Å². The van der Waals surface area contributed by atoms with E-state index >= 15 is 0 Å². The van der Waals surface area contributed by atoms with Crippen LogP contribution >= 0.6 is 11.3 Å². The molecule has 1 aromatic carbocycles. The first-order chi connectivity index (χ1) is 9.60. The van der Waals surface area contributed by atoms with Crippen LogP contribution in [0.25, 0.3) is 0 Å². The molecular weight excluding hydrogens is 262 g/mol. The van der Waals surface area contributed by atoms with Gasteiger partial charge in [0.25, 0.3) is 0 Å². The lowest BCUT2D eigenvalue weighted by Gasteiger charge is -2.23. The maximum absolute atomic E-state index is 3.71. The van der Waals surface area contributed by atoms with Crippen molar-refractivity contribution in [2.24, 2.45) is 5.92 Å². The highest BCUT2D eigenvalue weighted by molar-refractivity contribution is 7.11. The first kappa shape index (κ1) is 15.3. The Balaban J connectivity index is 2.06. The zero-order valence-corrected chi connectivity index (χ0v) is 13.8. The number of aryl methyl sites for hydroxylation is 2. The predicted octanol–water partition coefficient (Wildman–Crippen LogP) is 5.11. The van der Waals surface area contributed by atoms with Gasteiger partial charge in [0.1, 0.15) is 0 Å². The molecule has 2 aromatic rings. The van der Waals surface area contributed by atoms with E-state index in [1.807, 2.05) is 11.3 Å². The lowest BCUT2D eigenvalue weighted by atomic mass is 9.95. The van der Waals surface area contributed by atoms with E-state index in [0.717, 1.165) is 13.0 Å². The van der Waals surface area contributed by atoms with Gasteiger partial charge < -0.3 is 5.32 Å². The highest BCUT2D eigenvalue weighted by Gasteiger charge is 2.15. The van der Waals surface area contributed by atoms with Crippen molar-refractivity contribution in [3.8, 4) is 0 Å². The van der Waals surface area contributed by atoms with Gasteiger partial charge in [-0.2, -0.15) is 0 Å². The third-order valence-electron chi connectivity index (χ3n) is 3.71. The smallest absolute Gasteiger partial charge is 0.0346 e. The Hall–Kier alpha value is -1.12. The van der Waals surface area contributed by atoms with E-state index in [9.17, 15) is 0 Å². The fourth-order valence-electron chi connectivity index (χ4n) is 2.49. The molecular formula is C18H25NS. The average Bonchev–Trinajstić information content (AvgIpc) is 2.85. The molecule has 0 aliphatic rings. The second-order valence-electron chi connectivity index (χ2n) is 5.71. The molecule has 0 bridgehead atoms. The standard InChI is InChI=1S/C18H25NS/c1-5-15-7-9-16(10-8-15)18(13(2)3)19-12-17-11-6-14(4)20-17/h6-11,13,18-19H,5,12H2,1-4H3. The van der Waals surface area contributed by atoms with Crippen LogP contribution in [0.3, 0.4) is 0 Å². The van der Waals surface area contributed by atoms with E-state index in [-0.39, 0.29) is 0 Å². The minimum absolute atomic E-state index is 0.420. The van der Waals surface area contributed by atoms with E-state index in [2.05, 4.69) is 69.4 Å². The highest BCUT2D eigenvalue weighted by atomic mass is 32.1. The summed E-state index contributed by atoms with van der Waals surface area (Å²) in [5, 5.41) is 3.71. The quantitative estimate of drug-likeness (QED) is 0.779. The molecule has 1 nitrogen and oxygen atoms in total. The minimum Gasteiger partial charge on any atom is -0.305 e. The number of nitrogens with one attached hydrogen (secondary N) is 1. The van der Waals surface area contributed by atoms with Gasteiger partial charge in [0, 0.05) is 22.3 Å². The normalized spacial score (nSPS) is 12.8. The molecule has 0 aliphatic heterocycles. The first-order valence-electron chi connectivity index (χ1n) is 7.47. The Morgan fingerprint density at radius 2 is 1.75 bits per heavy atom. The summed E-state index contributed by atoms with van der Waals surface area (Å²) < 4.78 is 0. The molecule has 20 heavy (non-hydrogen) atoms. The van der Waals surface area contributed by atoms with Crippen LogP contribution in [0.5, 0.6) is 0 Å². The second-order valence-corrected chi connectivity index (χ2v) is 7.08. The van der Waals surface area contributed by atoms with Crippen LogP contribution < -0.4 is 5.32 Å². The Labute approximate surface area is 127 Å². The van der Waals surface area contributed by atoms with E-state index in [0.29, 0.717) is 12.0 Å². The molecule has 0 fully saturated rings. The molecule has 2 rings (SSSR count). The van der Waals surface area contributed by atoms with Crippen molar-refractivity contribution in [2.75, 3.05) is 0 Å². The Morgan fingerprint density at radius 3 is 2.25 bits per heavy atom. The zero-order chi connectivity index (χ0) is 14.5. The van der Waals surface area contributed by atoms with E-state index in [1.54, 1.807) is 0 Å². The third-order valence-corrected chi connectivity index (χ3v) is 4.71.